The molecule has 0 atom stereocenters. The first kappa shape index (κ1) is 35.4. The maximum atomic E-state index is 14.5. The molecule has 47 heavy (non-hydrogen) atoms. The second kappa shape index (κ2) is 12.0. The average Bonchev–Trinajstić information content (AvgIpc) is 3.26. The van der Waals surface area contributed by atoms with E-state index in [9.17, 15) is 45.5 Å². The zero-order valence-corrected chi connectivity index (χ0v) is 26.9. The molecule has 1 aliphatic rings. The Hall–Kier alpha value is -4.48. The van der Waals surface area contributed by atoms with E-state index in [2.05, 4.69) is 0 Å². The summed E-state index contributed by atoms with van der Waals surface area (Å²) in [5.74, 6) is -2.32. The van der Waals surface area contributed by atoms with E-state index >= 15 is 0 Å². The molecule has 0 bridgehead atoms. The van der Waals surface area contributed by atoms with Gasteiger partial charge in [0.15, 0.2) is 6.29 Å². The van der Waals surface area contributed by atoms with Crippen LogP contribution < -0.4 is 4.90 Å². The Kier molecular flexibility index (Phi) is 9.00. The van der Waals surface area contributed by atoms with E-state index in [-0.39, 0.29) is 27.9 Å². The number of benzene rings is 3. The predicted molar refractivity (Wildman–Crippen MR) is 165 cm³/mol. The summed E-state index contributed by atoms with van der Waals surface area (Å²) < 4.78 is 86.1. The maximum Gasteiger partial charge on any atom is 0.417 e. The van der Waals surface area contributed by atoms with Crippen molar-refractivity contribution in [3.8, 4) is 11.1 Å². The fraction of sp³-hybridized carbons (Fsp3) is 0.371. The lowest BCUT2D eigenvalue weighted by atomic mass is 9.80. The Bertz CT molecular complexity index is 1790. The maximum absolute atomic E-state index is 14.5. The summed E-state index contributed by atoms with van der Waals surface area (Å²) in [4.78, 5) is 53.8. The molecule has 1 aliphatic heterocycles. The van der Waals surface area contributed by atoms with Crippen molar-refractivity contribution in [1.82, 2.24) is 4.90 Å². The van der Waals surface area contributed by atoms with Crippen LogP contribution in [0.1, 0.15) is 113 Å². The van der Waals surface area contributed by atoms with E-state index in [1.54, 1.807) is 41.5 Å². The van der Waals surface area contributed by atoms with Crippen LogP contribution in [0.25, 0.3) is 11.1 Å². The fourth-order valence-electron chi connectivity index (χ4n) is 5.44. The van der Waals surface area contributed by atoms with Gasteiger partial charge in [-0.15, -0.1) is 0 Å². The van der Waals surface area contributed by atoms with E-state index in [1.165, 1.54) is 6.07 Å². The molecule has 250 valence electrons. The summed E-state index contributed by atoms with van der Waals surface area (Å²) in [7, 11) is 1.13. The van der Waals surface area contributed by atoms with Gasteiger partial charge in [0.1, 0.15) is 0 Å². The van der Waals surface area contributed by atoms with E-state index in [1.807, 2.05) is 0 Å². The highest BCUT2D eigenvalue weighted by atomic mass is 19.4. The summed E-state index contributed by atoms with van der Waals surface area (Å²) >= 11 is 0. The predicted octanol–water partition coefficient (Wildman–Crippen LogP) is 8.95. The number of aldehydes is 1. The van der Waals surface area contributed by atoms with Gasteiger partial charge >= 0.3 is 12.4 Å². The number of carbonyl (C=O) groups excluding carboxylic acids is 4. The molecule has 0 aliphatic carbocycles. The summed E-state index contributed by atoms with van der Waals surface area (Å²) in [6.07, 6.45) is -8.90. The van der Waals surface area contributed by atoms with Crippen LogP contribution in [-0.2, 0) is 17.8 Å². The van der Waals surface area contributed by atoms with Crippen LogP contribution in [-0.4, -0.2) is 41.5 Å². The Morgan fingerprint density at radius 2 is 1.26 bits per heavy atom. The largest absolute Gasteiger partial charge is 0.417 e. The highest BCUT2D eigenvalue weighted by Crippen LogP contribution is 2.45. The molecule has 0 fully saturated rings. The molecule has 0 spiro atoms. The number of imide groups is 1. The molecule has 3 amide bonds. The van der Waals surface area contributed by atoms with Gasteiger partial charge in [-0.1, -0.05) is 45.9 Å². The van der Waals surface area contributed by atoms with Gasteiger partial charge in [0.25, 0.3) is 17.7 Å². The number of hydrogen-bond donors (Lipinski definition) is 0. The quantitative estimate of drug-likeness (QED) is 0.137. The van der Waals surface area contributed by atoms with Gasteiger partial charge < -0.3 is 4.90 Å². The lowest BCUT2D eigenvalue weighted by Gasteiger charge is -2.32. The normalized spacial score (nSPS) is 14.0. The third-order valence-electron chi connectivity index (χ3n) is 9.17. The summed E-state index contributed by atoms with van der Waals surface area (Å²) in [5, 5.41) is 0. The van der Waals surface area contributed by atoms with Gasteiger partial charge in [0.2, 0.25) is 0 Å². The minimum atomic E-state index is -5.12. The summed E-state index contributed by atoms with van der Waals surface area (Å²) in [6.45, 7) is 10.4. The second-order valence-electron chi connectivity index (χ2n) is 12.8. The number of halogens is 6. The minimum absolute atomic E-state index is 0.0876. The van der Waals surface area contributed by atoms with Gasteiger partial charge in [-0.25, -0.2) is 0 Å². The standard InChI is InChI=1S/C35H34F6N2O4/c1-8-32(3,4)20-10-12-22(27(15-20)34(36,37)38)23-13-11-21(16-28(23)35(39,40)41)42(7)29(45)24-17-26-25(14-19(24)18-44)30(46)43(31(26)47)33(5,6)9-2/h10-18H,8-9H2,1-7H3. The minimum Gasteiger partial charge on any atom is -0.311 e. The molecule has 12 heteroatoms. The Morgan fingerprint density at radius 1 is 0.745 bits per heavy atom. The van der Waals surface area contributed by atoms with Gasteiger partial charge in [-0.05, 0) is 79.1 Å². The molecule has 6 nitrogen and oxygen atoms in total. The molecule has 0 radical (unpaired) electrons. The fourth-order valence-corrected chi connectivity index (χ4v) is 5.44. The van der Waals surface area contributed by atoms with Crippen molar-refractivity contribution >= 4 is 29.7 Å². The van der Waals surface area contributed by atoms with Crippen molar-refractivity contribution < 1.29 is 45.5 Å². The average molecular weight is 661 g/mol. The van der Waals surface area contributed by atoms with Crippen LogP contribution in [0.3, 0.4) is 0 Å². The Balaban J connectivity index is 1.83. The first-order valence-corrected chi connectivity index (χ1v) is 14.8. The van der Waals surface area contributed by atoms with Gasteiger partial charge in [-0.2, -0.15) is 26.3 Å². The molecule has 4 rings (SSSR count). The van der Waals surface area contributed by atoms with E-state index in [0.717, 1.165) is 53.2 Å². The van der Waals surface area contributed by atoms with Crippen LogP contribution in [0.4, 0.5) is 32.0 Å². The molecular weight excluding hydrogens is 626 g/mol. The third kappa shape index (κ3) is 6.29. The van der Waals surface area contributed by atoms with Gasteiger partial charge in [0, 0.05) is 23.8 Å². The highest BCUT2D eigenvalue weighted by Gasteiger charge is 2.44. The van der Waals surface area contributed by atoms with Crippen molar-refractivity contribution in [3.05, 3.63) is 87.5 Å². The van der Waals surface area contributed by atoms with Crippen LogP contribution in [0, 0.1) is 0 Å². The van der Waals surface area contributed by atoms with Crippen LogP contribution >= 0.6 is 0 Å². The summed E-state index contributed by atoms with van der Waals surface area (Å²) in [6, 6.07) is 7.93. The van der Waals surface area contributed by atoms with E-state index in [0.29, 0.717) is 30.8 Å². The SMILES string of the molecule is CCC(C)(C)c1ccc(-c2ccc(N(C)C(=O)c3cc4c(cc3C=O)C(=O)N(C(C)(C)CC)C4=O)cc2C(F)(F)F)c(C(F)(F)F)c1. The molecule has 0 saturated heterocycles. The number of fused-ring (bicyclic) bond motifs is 1. The molecule has 3 aromatic rings. The monoisotopic (exact) mass is 660 g/mol. The van der Waals surface area contributed by atoms with Crippen LogP contribution in [0.15, 0.2) is 48.5 Å². The molecule has 1 heterocycles. The van der Waals surface area contributed by atoms with Crippen molar-refractivity contribution in [2.75, 3.05) is 11.9 Å². The zero-order chi connectivity index (χ0) is 35.4. The first-order valence-electron chi connectivity index (χ1n) is 14.8. The molecule has 3 aromatic carbocycles. The molecule has 0 N–H and O–H groups in total. The Morgan fingerprint density at radius 3 is 1.74 bits per heavy atom. The molecule has 0 unspecified atom stereocenters. The lowest BCUT2D eigenvalue weighted by Crippen LogP contribution is -2.47. The number of hydrogen-bond acceptors (Lipinski definition) is 4. The van der Waals surface area contributed by atoms with Gasteiger partial charge in [0.05, 0.1) is 27.8 Å². The number of anilines is 1. The molecular formula is C35H34F6N2O4. The van der Waals surface area contributed by atoms with E-state index in [4.69, 9.17) is 0 Å². The third-order valence-corrected chi connectivity index (χ3v) is 9.17. The molecule has 0 saturated carbocycles. The van der Waals surface area contributed by atoms with Crippen molar-refractivity contribution in [2.24, 2.45) is 0 Å². The molecule has 0 aromatic heterocycles. The van der Waals surface area contributed by atoms with Crippen LogP contribution in [0.2, 0.25) is 0 Å². The smallest absolute Gasteiger partial charge is 0.311 e. The van der Waals surface area contributed by atoms with Crippen LogP contribution in [0.5, 0.6) is 0 Å². The zero-order valence-electron chi connectivity index (χ0n) is 26.9. The van der Waals surface area contributed by atoms with Crippen molar-refractivity contribution in [2.45, 2.75) is 77.7 Å². The first-order chi connectivity index (χ1) is 21.6. The van der Waals surface area contributed by atoms with E-state index < -0.39 is 63.3 Å². The summed E-state index contributed by atoms with van der Waals surface area (Å²) in [5.41, 5.74) is -6.46. The number of rotatable bonds is 8. The van der Waals surface area contributed by atoms with Gasteiger partial charge in [-0.3, -0.25) is 24.1 Å². The topological polar surface area (TPSA) is 74.8 Å². The lowest BCUT2D eigenvalue weighted by molar-refractivity contribution is -0.139. The van der Waals surface area contributed by atoms with Crippen molar-refractivity contribution in [1.29, 1.82) is 0 Å². The van der Waals surface area contributed by atoms with Crippen molar-refractivity contribution in [3.63, 3.8) is 0 Å². The number of nitrogens with zero attached hydrogens (tertiary/aromatic N) is 2. The second-order valence-corrected chi connectivity index (χ2v) is 12.8. The highest BCUT2D eigenvalue weighted by molar-refractivity contribution is 6.24. The Labute approximate surface area is 268 Å². The number of alkyl halides is 6. The number of amides is 3. The number of carbonyl (C=O) groups is 4.